The SMILES string of the molecule is CCC(=O)Oc1ccc2c(c1)CCC2OC. The van der Waals surface area contributed by atoms with Crippen molar-refractivity contribution in [2.24, 2.45) is 0 Å². The summed E-state index contributed by atoms with van der Waals surface area (Å²) < 4.78 is 10.5. The summed E-state index contributed by atoms with van der Waals surface area (Å²) in [5.74, 6) is 0.448. The fourth-order valence-electron chi connectivity index (χ4n) is 2.07. The zero-order chi connectivity index (χ0) is 11.5. The lowest BCUT2D eigenvalue weighted by Gasteiger charge is -2.09. The highest BCUT2D eigenvalue weighted by Crippen LogP contribution is 2.35. The van der Waals surface area contributed by atoms with Crippen molar-refractivity contribution in [2.45, 2.75) is 32.3 Å². The summed E-state index contributed by atoms with van der Waals surface area (Å²) in [5.41, 5.74) is 2.45. The number of hydrogen-bond acceptors (Lipinski definition) is 3. The molecular weight excluding hydrogens is 204 g/mol. The van der Waals surface area contributed by atoms with Crippen LogP contribution in [0.15, 0.2) is 18.2 Å². The highest BCUT2D eigenvalue weighted by atomic mass is 16.5. The number of hydrogen-bond donors (Lipinski definition) is 0. The molecule has 0 aromatic heterocycles. The Kier molecular flexibility index (Phi) is 3.25. The minimum atomic E-state index is -0.193. The molecule has 0 heterocycles. The molecule has 3 nitrogen and oxygen atoms in total. The molecular formula is C13H16O3. The summed E-state index contributed by atoms with van der Waals surface area (Å²) in [5, 5.41) is 0. The largest absolute Gasteiger partial charge is 0.427 e. The zero-order valence-electron chi connectivity index (χ0n) is 9.66. The highest BCUT2D eigenvalue weighted by molar-refractivity contribution is 5.72. The Balaban J connectivity index is 2.18. The number of esters is 1. The van der Waals surface area contributed by atoms with Crippen molar-refractivity contribution < 1.29 is 14.3 Å². The molecule has 16 heavy (non-hydrogen) atoms. The first-order chi connectivity index (χ1) is 7.74. The molecule has 3 heteroatoms. The summed E-state index contributed by atoms with van der Waals surface area (Å²) >= 11 is 0. The molecule has 1 aromatic carbocycles. The van der Waals surface area contributed by atoms with E-state index in [1.807, 2.05) is 18.2 Å². The highest BCUT2D eigenvalue weighted by Gasteiger charge is 2.22. The van der Waals surface area contributed by atoms with Gasteiger partial charge in [0.2, 0.25) is 0 Å². The average Bonchev–Trinajstić information content (AvgIpc) is 2.71. The van der Waals surface area contributed by atoms with Crippen molar-refractivity contribution in [2.75, 3.05) is 7.11 Å². The second-order valence-electron chi connectivity index (χ2n) is 3.95. The van der Waals surface area contributed by atoms with Crippen LogP contribution in [-0.2, 0) is 16.0 Å². The molecule has 0 radical (unpaired) electrons. The standard InChI is InChI=1S/C13H16O3/c1-3-13(14)16-10-5-6-11-9(8-10)4-7-12(11)15-2/h5-6,8,12H,3-4,7H2,1-2H3. The number of ether oxygens (including phenoxy) is 2. The molecule has 0 saturated carbocycles. The Labute approximate surface area is 95.4 Å². The number of benzene rings is 1. The van der Waals surface area contributed by atoms with E-state index in [1.165, 1.54) is 11.1 Å². The summed E-state index contributed by atoms with van der Waals surface area (Å²) in [6.07, 6.45) is 2.60. The Morgan fingerprint density at radius 2 is 2.31 bits per heavy atom. The van der Waals surface area contributed by atoms with Gasteiger partial charge < -0.3 is 9.47 Å². The number of fused-ring (bicyclic) bond motifs is 1. The van der Waals surface area contributed by atoms with E-state index in [9.17, 15) is 4.79 Å². The molecule has 0 aliphatic heterocycles. The number of aryl methyl sites for hydroxylation is 1. The Morgan fingerprint density at radius 3 is 3.00 bits per heavy atom. The molecule has 0 bridgehead atoms. The van der Waals surface area contributed by atoms with E-state index in [0.29, 0.717) is 12.2 Å². The van der Waals surface area contributed by atoms with Gasteiger partial charge in [0.1, 0.15) is 5.75 Å². The molecule has 2 rings (SSSR count). The van der Waals surface area contributed by atoms with Gasteiger partial charge in [-0.15, -0.1) is 0 Å². The van der Waals surface area contributed by atoms with E-state index in [0.717, 1.165) is 12.8 Å². The summed E-state index contributed by atoms with van der Waals surface area (Å²) in [7, 11) is 1.73. The van der Waals surface area contributed by atoms with Crippen LogP contribution in [0.3, 0.4) is 0 Å². The van der Waals surface area contributed by atoms with Gasteiger partial charge in [0, 0.05) is 13.5 Å². The maximum Gasteiger partial charge on any atom is 0.310 e. The van der Waals surface area contributed by atoms with Crippen LogP contribution in [0, 0.1) is 0 Å². The monoisotopic (exact) mass is 220 g/mol. The van der Waals surface area contributed by atoms with Crippen molar-refractivity contribution in [3.8, 4) is 5.75 Å². The van der Waals surface area contributed by atoms with Gasteiger partial charge in [-0.25, -0.2) is 0 Å². The van der Waals surface area contributed by atoms with E-state index in [4.69, 9.17) is 9.47 Å². The second-order valence-corrected chi connectivity index (χ2v) is 3.95. The third-order valence-electron chi connectivity index (χ3n) is 2.94. The van der Waals surface area contributed by atoms with Crippen molar-refractivity contribution >= 4 is 5.97 Å². The average molecular weight is 220 g/mol. The van der Waals surface area contributed by atoms with Crippen molar-refractivity contribution in [3.63, 3.8) is 0 Å². The van der Waals surface area contributed by atoms with Crippen LogP contribution in [0.2, 0.25) is 0 Å². The van der Waals surface area contributed by atoms with Crippen LogP contribution in [0.1, 0.15) is 37.0 Å². The van der Waals surface area contributed by atoms with Gasteiger partial charge in [0.05, 0.1) is 6.10 Å². The van der Waals surface area contributed by atoms with E-state index in [2.05, 4.69) is 0 Å². The lowest BCUT2D eigenvalue weighted by atomic mass is 10.1. The van der Waals surface area contributed by atoms with E-state index < -0.39 is 0 Å². The molecule has 0 N–H and O–H groups in total. The quantitative estimate of drug-likeness (QED) is 0.580. The van der Waals surface area contributed by atoms with Gasteiger partial charge in [0.25, 0.3) is 0 Å². The lowest BCUT2D eigenvalue weighted by molar-refractivity contribution is -0.134. The minimum absolute atomic E-state index is 0.193. The second kappa shape index (κ2) is 4.66. The number of carbonyl (C=O) groups is 1. The Morgan fingerprint density at radius 1 is 1.50 bits per heavy atom. The van der Waals surface area contributed by atoms with Crippen LogP contribution in [0.25, 0.3) is 0 Å². The predicted octanol–water partition coefficient (Wildman–Crippen LogP) is 2.64. The molecule has 1 unspecified atom stereocenters. The van der Waals surface area contributed by atoms with Gasteiger partial charge >= 0.3 is 5.97 Å². The van der Waals surface area contributed by atoms with Gasteiger partial charge in [-0.1, -0.05) is 13.0 Å². The van der Waals surface area contributed by atoms with E-state index in [1.54, 1.807) is 14.0 Å². The lowest BCUT2D eigenvalue weighted by Crippen LogP contribution is -2.05. The molecule has 1 atom stereocenters. The normalized spacial score (nSPS) is 18.2. The number of carbonyl (C=O) groups excluding carboxylic acids is 1. The van der Waals surface area contributed by atoms with E-state index in [-0.39, 0.29) is 12.1 Å². The molecule has 1 aliphatic carbocycles. The fourth-order valence-corrected chi connectivity index (χ4v) is 2.07. The first-order valence-electron chi connectivity index (χ1n) is 5.61. The van der Waals surface area contributed by atoms with Gasteiger partial charge in [-0.05, 0) is 36.1 Å². The Bertz CT molecular complexity index is 398. The molecule has 0 spiro atoms. The molecule has 0 saturated heterocycles. The van der Waals surface area contributed by atoms with Crippen LogP contribution in [0.5, 0.6) is 5.75 Å². The summed E-state index contributed by atoms with van der Waals surface area (Å²) in [6, 6.07) is 5.78. The van der Waals surface area contributed by atoms with Gasteiger partial charge in [-0.2, -0.15) is 0 Å². The fraction of sp³-hybridized carbons (Fsp3) is 0.462. The molecule has 86 valence electrons. The van der Waals surface area contributed by atoms with Crippen LogP contribution in [0.4, 0.5) is 0 Å². The smallest absolute Gasteiger partial charge is 0.310 e. The van der Waals surface area contributed by atoms with Crippen LogP contribution >= 0.6 is 0 Å². The number of rotatable bonds is 3. The minimum Gasteiger partial charge on any atom is -0.427 e. The van der Waals surface area contributed by atoms with Crippen molar-refractivity contribution in [1.82, 2.24) is 0 Å². The van der Waals surface area contributed by atoms with E-state index >= 15 is 0 Å². The number of methoxy groups -OCH3 is 1. The molecule has 0 amide bonds. The predicted molar refractivity (Wildman–Crippen MR) is 60.4 cm³/mol. The van der Waals surface area contributed by atoms with Crippen LogP contribution < -0.4 is 4.74 Å². The maximum atomic E-state index is 11.2. The Hall–Kier alpha value is -1.35. The third-order valence-corrected chi connectivity index (χ3v) is 2.94. The van der Waals surface area contributed by atoms with Gasteiger partial charge in [0.15, 0.2) is 0 Å². The first-order valence-corrected chi connectivity index (χ1v) is 5.61. The maximum absolute atomic E-state index is 11.2. The first kappa shape index (κ1) is 11.1. The van der Waals surface area contributed by atoms with Crippen molar-refractivity contribution in [3.05, 3.63) is 29.3 Å². The molecule has 0 fully saturated rings. The summed E-state index contributed by atoms with van der Waals surface area (Å²) in [6.45, 7) is 1.79. The van der Waals surface area contributed by atoms with Gasteiger partial charge in [-0.3, -0.25) is 4.79 Å². The molecule has 1 aromatic rings. The topological polar surface area (TPSA) is 35.5 Å². The van der Waals surface area contributed by atoms with Crippen molar-refractivity contribution in [1.29, 1.82) is 0 Å². The summed E-state index contributed by atoms with van der Waals surface area (Å²) in [4.78, 5) is 11.2. The third kappa shape index (κ3) is 2.09. The molecule has 1 aliphatic rings. The zero-order valence-corrected chi connectivity index (χ0v) is 9.66. The van der Waals surface area contributed by atoms with Crippen LogP contribution in [-0.4, -0.2) is 13.1 Å².